The standard InChI is InChI=1S/C16H20N2O2S/c1-10-4-2-3-5-12(10)18-16(20)11-6-7-14-13(8-11)17-15(19)9-21-14/h6-8,10,12H,2-5,9H2,1H3,(H,17,19)(H,18,20)/t10-,12-/m0/s1. The number of anilines is 1. The zero-order chi connectivity index (χ0) is 14.8. The second-order valence-electron chi connectivity index (χ2n) is 5.89. The predicted octanol–water partition coefficient (Wildman–Crippen LogP) is 3.04. The van der Waals surface area contributed by atoms with Gasteiger partial charge in [-0.1, -0.05) is 19.8 Å². The molecule has 112 valence electrons. The van der Waals surface area contributed by atoms with Crippen LogP contribution in [-0.4, -0.2) is 23.6 Å². The Balaban J connectivity index is 1.72. The molecule has 21 heavy (non-hydrogen) atoms. The Bertz CT molecular complexity index is 573. The monoisotopic (exact) mass is 304 g/mol. The molecule has 0 saturated heterocycles. The third-order valence-electron chi connectivity index (χ3n) is 4.30. The van der Waals surface area contributed by atoms with Gasteiger partial charge in [0.25, 0.3) is 5.91 Å². The Hall–Kier alpha value is -1.49. The van der Waals surface area contributed by atoms with Gasteiger partial charge >= 0.3 is 0 Å². The van der Waals surface area contributed by atoms with Crippen LogP contribution in [-0.2, 0) is 4.79 Å². The van der Waals surface area contributed by atoms with E-state index in [1.54, 1.807) is 6.07 Å². The number of benzene rings is 1. The van der Waals surface area contributed by atoms with Crippen LogP contribution in [0, 0.1) is 5.92 Å². The first-order valence-electron chi connectivity index (χ1n) is 7.51. The quantitative estimate of drug-likeness (QED) is 0.883. The van der Waals surface area contributed by atoms with Crippen molar-refractivity contribution < 1.29 is 9.59 Å². The van der Waals surface area contributed by atoms with Crippen LogP contribution in [0.5, 0.6) is 0 Å². The first-order valence-corrected chi connectivity index (χ1v) is 8.49. The highest BCUT2D eigenvalue weighted by atomic mass is 32.2. The number of carbonyl (C=O) groups excluding carboxylic acids is 2. The molecular formula is C16H20N2O2S. The van der Waals surface area contributed by atoms with Gasteiger partial charge < -0.3 is 10.6 Å². The van der Waals surface area contributed by atoms with Crippen LogP contribution in [0.15, 0.2) is 23.1 Å². The van der Waals surface area contributed by atoms with E-state index in [9.17, 15) is 9.59 Å². The Morgan fingerprint density at radius 1 is 1.33 bits per heavy atom. The minimum atomic E-state index is -0.0404. The highest BCUT2D eigenvalue weighted by molar-refractivity contribution is 8.00. The van der Waals surface area contributed by atoms with Gasteiger partial charge in [-0.05, 0) is 37.0 Å². The molecule has 2 amide bonds. The summed E-state index contributed by atoms with van der Waals surface area (Å²) < 4.78 is 0. The van der Waals surface area contributed by atoms with E-state index in [1.807, 2.05) is 12.1 Å². The molecule has 5 heteroatoms. The van der Waals surface area contributed by atoms with Gasteiger partial charge in [0.05, 0.1) is 11.4 Å². The van der Waals surface area contributed by atoms with E-state index < -0.39 is 0 Å². The van der Waals surface area contributed by atoms with Crippen LogP contribution in [0.25, 0.3) is 0 Å². The summed E-state index contributed by atoms with van der Waals surface area (Å²) in [5.74, 6) is 0.931. The number of hydrogen-bond acceptors (Lipinski definition) is 3. The Kier molecular flexibility index (Phi) is 4.19. The van der Waals surface area contributed by atoms with Crippen LogP contribution >= 0.6 is 11.8 Å². The molecule has 2 atom stereocenters. The van der Waals surface area contributed by atoms with Gasteiger partial charge in [0, 0.05) is 16.5 Å². The van der Waals surface area contributed by atoms with Gasteiger partial charge in [-0.15, -0.1) is 11.8 Å². The normalized spacial score (nSPS) is 24.9. The molecule has 1 aliphatic heterocycles. The molecule has 1 fully saturated rings. The maximum atomic E-state index is 12.4. The topological polar surface area (TPSA) is 58.2 Å². The second-order valence-corrected chi connectivity index (χ2v) is 6.91. The lowest BCUT2D eigenvalue weighted by atomic mass is 9.86. The van der Waals surface area contributed by atoms with Crippen molar-refractivity contribution in [1.82, 2.24) is 5.32 Å². The first-order chi connectivity index (χ1) is 10.1. The lowest BCUT2D eigenvalue weighted by molar-refractivity contribution is -0.113. The Morgan fingerprint density at radius 3 is 2.95 bits per heavy atom. The molecule has 0 bridgehead atoms. The summed E-state index contributed by atoms with van der Waals surface area (Å²) in [7, 11) is 0. The second kappa shape index (κ2) is 6.10. The van der Waals surface area contributed by atoms with Crippen molar-refractivity contribution in [2.24, 2.45) is 5.92 Å². The smallest absolute Gasteiger partial charge is 0.251 e. The van der Waals surface area contributed by atoms with Crippen LogP contribution in [0.2, 0.25) is 0 Å². The number of hydrogen-bond donors (Lipinski definition) is 2. The molecule has 1 aromatic rings. The van der Waals surface area contributed by atoms with E-state index in [2.05, 4.69) is 17.6 Å². The average molecular weight is 304 g/mol. The SMILES string of the molecule is C[C@H]1CCCC[C@@H]1NC(=O)c1ccc2c(c1)NC(=O)CS2. The van der Waals surface area contributed by atoms with Crippen molar-refractivity contribution in [1.29, 1.82) is 0 Å². The van der Waals surface area contributed by atoms with Crippen LogP contribution in [0.4, 0.5) is 5.69 Å². The molecule has 1 aromatic carbocycles. The third kappa shape index (κ3) is 3.23. The molecule has 0 radical (unpaired) electrons. The van der Waals surface area contributed by atoms with Crippen molar-refractivity contribution in [3.05, 3.63) is 23.8 Å². The molecule has 3 rings (SSSR count). The number of carbonyl (C=O) groups is 2. The fourth-order valence-corrected chi connectivity index (χ4v) is 3.80. The summed E-state index contributed by atoms with van der Waals surface area (Å²) in [4.78, 5) is 24.9. The average Bonchev–Trinajstić information content (AvgIpc) is 2.48. The molecule has 0 unspecified atom stereocenters. The number of thioether (sulfide) groups is 1. The number of nitrogens with one attached hydrogen (secondary N) is 2. The van der Waals surface area contributed by atoms with Gasteiger partial charge in [-0.2, -0.15) is 0 Å². The van der Waals surface area contributed by atoms with Crippen LogP contribution in [0.3, 0.4) is 0 Å². The molecular weight excluding hydrogens is 284 g/mol. The van der Waals surface area contributed by atoms with Crippen LogP contribution in [0.1, 0.15) is 43.0 Å². The first kappa shape index (κ1) is 14.4. The molecule has 2 aliphatic rings. The summed E-state index contributed by atoms with van der Waals surface area (Å²) in [6.45, 7) is 2.20. The van der Waals surface area contributed by atoms with E-state index in [4.69, 9.17) is 0 Å². The van der Waals surface area contributed by atoms with Gasteiger partial charge in [0.1, 0.15) is 0 Å². The van der Waals surface area contributed by atoms with Gasteiger partial charge in [0.2, 0.25) is 5.91 Å². The number of rotatable bonds is 2. The van der Waals surface area contributed by atoms with Crippen LogP contribution < -0.4 is 10.6 Å². The van der Waals surface area contributed by atoms with Gasteiger partial charge in [-0.3, -0.25) is 9.59 Å². The third-order valence-corrected chi connectivity index (χ3v) is 5.38. The molecule has 4 nitrogen and oxygen atoms in total. The Morgan fingerprint density at radius 2 is 2.14 bits per heavy atom. The van der Waals surface area contributed by atoms with E-state index in [-0.39, 0.29) is 17.9 Å². The highest BCUT2D eigenvalue weighted by Gasteiger charge is 2.24. The Labute approximate surface area is 129 Å². The minimum Gasteiger partial charge on any atom is -0.349 e. The summed E-state index contributed by atoms with van der Waals surface area (Å²) in [6.07, 6.45) is 4.69. The fourth-order valence-electron chi connectivity index (χ4n) is 3.01. The van der Waals surface area contributed by atoms with Crippen molar-refractivity contribution in [2.75, 3.05) is 11.1 Å². The molecule has 0 spiro atoms. The summed E-state index contributed by atoms with van der Waals surface area (Å²) >= 11 is 1.51. The maximum Gasteiger partial charge on any atom is 0.251 e. The van der Waals surface area contributed by atoms with Gasteiger partial charge in [-0.25, -0.2) is 0 Å². The number of amides is 2. The largest absolute Gasteiger partial charge is 0.349 e. The summed E-state index contributed by atoms with van der Waals surface area (Å²) in [5.41, 5.74) is 1.37. The van der Waals surface area contributed by atoms with E-state index in [0.717, 1.165) is 17.0 Å². The minimum absolute atomic E-state index is 0.00837. The van der Waals surface area contributed by atoms with Crippen molar-refractivity contribution in [2.45, 2.75) is 43.5 Å². The zero-order valence-corrected chi connectivity index (χ0v) is 13.0. The van der Waals surface area contributed by atoms with Crippen molar-refractivity contribution in [3.63, 3.8) is 0 Å². The maximum absolute atomic E-state index is 12.4. The molecule has 1 aliphatic carbocycles. The highest BCUT2D eigenvalue weighted by Crippen LogP contribution is 2.32. The summed E-state index contributed by atoms with van der Waals surface area (Å²) in [6, 6.07) is 5.80. The molecule has 1 heterocycles. The van der Waals surface area contributed by atoms with Crippen molar-refractivity contribution >= 4 is 29.3 Å². The lowest BCUT2D eigenvalue weighted by Gasteiger charge is -2.29. The zero-order valence-electron chi connectivity index (χ0n) is 12.1. The van der Waals surface area contributed by atoms with E-state index >= 15 is 0 Å². The van der Waals surface area contributed by atoms with Gasteiger partial charge in [0.15, 0.2) is 0 Å². The lowest BCUT2D eigenvalue weighted by Crippen LogP contribution is -2.41. The molecule has 0 aromatic heterocycles. The number of fused-ring (bicyclic) bond motifs is 1. The molecule has 1 saturated carbocycles. The predicted molar refractivity (Wildman–Crippen MR) is 84.7 cm³/mol. The van der Waals surface area contributed by atoms with Crippen molar-refractivity contribution in [3.8, 4) is 0 Å². The molecule has 2 N–H and O–H groups in total. The fraction of sp³-hybridized carbons (Fsp3) is 0.500. The van der Waals surface area contributed by atoms with E-state index in [0.29, 0.717) is 17.2 Å². The van der Waals surface area contributed by atoms with E-state index in [1.165, 1.54) is 31.0 Å². The summed E-state index contributed by atoms with van der Waals surface area (Å²) in [5, 5.41) is 5.97.